The summed E-state index contributed by atoms with van der Waals surface area (Å²) in [5, 5.41) is 0.882. The van der Waals surface area contributed by atoms with Crippen LogP contribution in [0.25, 0.3) is 10.9 Å². The molecule has 3 nitrogen and oxygen atoms in total. The maximum atomic E-state index is 13.5. The van der Waals surface area contributed by atoms with Crippen LogP contribution in [0.5, 0.6) is 0 Å². The SMILES string of the molecule is CC(C)(C)c1cc2cc(Br)c(F)cc2nc1NN. The molecule has 1 heterocycles. The first-order valence-corrected chi connectivity index (χ1v) is 6.39. The van der Waals surface area contributed by atoms with Crippen molar-refractivity contribution >= 4 is 32.7 Å². The summed E-state index contributed by atoms with van der Waals surface area (Å²) in [5.74, 6) is 5.74. The number of nitrogen functional groups attached to an aromatic ring is 1. The van der Waals surface area contributed by atoms with E-state index in [4.69, 9.17) is 5.84 Å². The minimum Gasteiger partial charge on any atom is -0.308 e. The molecule has 5 heteroatoms. The number of benzene rings is 1. The number of hydrogen-bond donors (Lipinski definition) is 2. The molecule has 2 aromatic rings. The summed E-state index contributed by atoms with van der Waals surface area (Å²) in [5.41, 5.74) is 4.07. The summed E-state index contributed by atoms with van der Waals surface area (Å²) in [6.07, 6.45) is 0. The molecule has 0 aliphatic carbocycles. The number of nitrogens with zero attached hydrogens (tertiary/aromatic N) is 1. The quantitative estimate of drug-likeness (QED) is 0.623. The van der Waals surface area contributed by atoms with Crippen molar-refractivity contribution in [3.05, 3.63) is 34.1 Å². The Morgan fingerprint density at radius 2 is 1.94 bits per heavy atom. The van der Waals surface area contributed by atoms with Crippen molar-refractivity contribution in [3.8, 4) is 0 Å². The Morgan fingerprint density at radius 1 is 1.28 bits per heavy atom. The number of rotatable bonds is 1. The molecule has 0 aliphatic heterocycles. The van der Waals surface area contributed by atoms with Crippen LogP contribution in [-0.2, 0) is 5.41 Å². The Kier molecular flexibility index (Phi) is 3.29. The molecule has 0 unspecified atom stereocenters. The second kappa shape index (κ2) is 4.48. The van der Waals surface area contributed by atoms with Gasteiger partial charge in [-0.25, -0.2) is 15.2 Å². The largest absolute Gasteiger partial charge is 0.308 e. The molecule has 1 aromatic heterocycles. The van der Waals surface area contributed by atoms with Gasteiger partial charge in [0.2, 0.25) is 0 Å². The van der Waals surface area contributed by atoms with E-state index in [2.05, 4.69) is 47.1 Å². The Bertz CT molecular complexity index is 605. The third kappa shape index (κ3) is 2.33. The van der Waals surface area contributed by atoms with E-state index >= 15 is 0 Å². The van der Waals surface area contributed by atoms with Crippen LogP contribution in [0.4, 0.5) is 10.2 Å². The molecule has 0 aliphatic rings. The van der Waals surface area contributed by atoms with Gasteiger partial charge in [-0.05, 0) is 33.5 Å². The number of nitrogens with one attached hydrogen (secondary N) is 1. The molecule has 0 saturated heterocycles. The molecule has 0 amide bonds. The molecule has 0 atom stereocenters. The fourth-order valence-electron chi connectivity index (χ4n) is 1.85. The Hall–Kier alpha value is -1.20. The van der Waals surface area contributed by atoms with E-state index in [1.165, 1.54) is 6.07 Å². The monoisotopic (exact) mass is 311 g/mol. The predicted molar refractivity (Wildman–Crippen MR) is 75.9 cm³/mol. The summed E-state index contributed by atoms with van der Waals surface area (Å²) < 4.78 is 13.9. The number of anilines is 1. The zero-order valence-electron chi connectivity index (χ0n) is 10.5. The molecule has 0 bridgehead atoms. The van der Waals surface area contributed by atoms with Gasteiger partial charge < -0.3 is 5.43 Å². The summed E-state index contributed by atoms with van der Waals surface area (Å²) in [6.45, 7) is 6.24. The van der Waals surface area contributed by atoms with Crippen molar-refractivity contribution in [2.45, 2.75) is 26.2 Å². The van der Waals surface area contributed by atoms with Crippen LogP contribution in [0.15, 0.2) is 22.7 Å². The number of hydrogen-bond acceptors (Lipinski definition) is 3. The van der Waals surface area contributed by atoms with Crippen LogP contribution >= 0.6 is 15.9 Å². The van der Waals surface area contributed by atoms with Crippen LogP contribution in [-0.4, -0.2) is 4.98 Å². The lowest BCUT2D eigenvalue weighted by molar-refractivity contribution is 0.590. The molecule has 0 spiro atoms. The highest BCUT2D eigenvalue weighted by atomic mass is 79.9. The molecule has 0 saturated carbocycles. The summed E-state index contributed by atoms with van der Waals surface area (Å²) in [6, 6.07) is 5.11. The number of aromatic nitrogens is 1. The number of hydrazine groups is 1. The Labute approximate surface area is 114 Å². The zero-order valence-corrected chi connectivity index (χ0v) is 12.1. The van der Waals surface area contributed by atoms with E-state index in [9.17, 15) is 4.39 Å². The molecular formula is C13H15BrFN3. The lowest BCUT2D eigenvalue weighted by atomic mass is 9.86. The smallest absolute Gasteiger partial charge is 0.144 e. The van der Waals surface area contributed by atoms with Crippen molar-refractivity contribution in [2.75, 3.05) is 5.43 Å². The molecule has 0 fully saturated rings. The molecular weight excluding hydrogens is 297 g/mol. The van der Waals surface area contributed by atoms with Crippen molar-refractivity contribution in [1.29, 1.82) is 0 Å². The lowest BCUT2D eigenvalue weighted by Gasteiger charge is -2.22. The van der Waals surface area contributed by atoms with Crippen molar-refractivity contribution in [1.82, 2.24) is 4.98 Å². The van der Waals surface area contributed by atoms with Crippen LogP contribution in [0.2, 0.25) is 0 Å². The average Bonchev–Trinajstić information content (AvgIpc) is 2.28. The molecule has 0 radical (unpaired) electrons. The molecule has 96 valence electrons. The van der Waals surface area contributed by atoms with Gasteiger partial charge in [-0.3, -0.25) is 0 Å². The maximum Gasteiger partial charge on any atom is 0.144 e. The highest BCUT2D eigenvalue weighted by molar-refractivity contribution is 9.10. The first-order valence-electron chi connectivity index (χ1n) is 5.60. The molecule has 1 aromatic carbocycles. The van der Waals surface area contributed by atoms with Crippen molar-refractivity contribution in [3.63, 3.8) is 0 Å². The van der Waals surface area contributed by atoms with Gasteiger partial charge in [0.25, 0.3) is 0 Å². The highest BCUT2D eigenvalue weighted by Crippen LogP contribution is 2.32. The lowest BCUT2D eigenvalue weighted by Crippen LogP contribution is -2.19. The fraction of sp³-hybridized carbons (Fsp3) is 0.308. The number of nitrogens with two attached hydrogens (primary N) is 1. The molecule has 3 N–H and O–H groups in total. The van der Waals surface area contributed by atoms with Gasteiger partial charge in [-0.15, -0.1) is 0 Å². The zero-order chi connectivity index (χ0) is 13.5. The standard InChI is InChI=1S/C13H15BrFN3/c1-13(2,3)8-4-7-5-9(14)10(15)6-11(7)17-12(8)18-16/h4-6H,16H2,1-3H3,(H,17,18). The summed E-state index contributed by atoms with van der Waals surface area (Å²) >= 11 is 3.18. The van der Waals surface area contributed by atoms with Crippen LogP contribution in [0.1, 0.15) is 26.3 Å². The second-order valence-corrected chi connectivity index (χ2v) is 6.09. The second-order valence-electron chi connectivity index (χ2n) is 5.24. The summed E-state index contributed by atoms with van der Waals surface area (Å²) in [7, 11) is 0. The van der Waals surface area contributed by atoms with Crippen LogP contribution in [0, 0.1) is 5.82 Å². The van der Waals surface area contributed by atoms with Crippen LogP contribution < -0.4 is 11.3 Å². The van der Waals surface area contributed by atoms with E-state index in [0.29, 0.717) is 15.8 Å². The van der Waals surface area contributed by atoms with Gasteiger partial charge in [0, 0.05) is 17.0 Å². The van der Waals surface area contributed by atoms with Gasteiger partial charge in [0.1, 0.15) is 11.6 Å². The average molecular weight is 312 g/mol. The molecule has 2 rings (SSSR count). The van der Waals surface area contributed by atoms with Crippen LogP contribution in [0.3, 0.4) is 0 Å². The van der Waals surface area contributed by atoms with Gasteiger partial charge >= 0.3 is 0 Å². The topological polar surface area (TPSA) is 50.9 Å². The first-order chi connectivity index (χ1) is 8.32. The number of halogens is 2. The Balaban J connectivity index is 2.77. The fourth-order valence-corrected chi connectivity index (χ4v) is 2.21. The number of pyridine rings is 1. The van der Waals surface area contributed by atoms with E-state index in [1.54, 1.807) is 6.07 Å². The van der Waals surface area contributed by atoms with E-state index < -0.39 is 0 Å². The first kappa shape index (κ1) is 13.2. The number of fused-ring (bicyclic) bond motifs is 1. The third-order valence-electron chi connectivity index (χ3n) is 2.80. The Morgan fingerprint density at radius 3 is 2.50 bits per heavy atom. The van der Waals surface area contributed by atoms with Gasteiger partial charge in [0.05, 0.1) is 9.99 Å². The highest BCUT2D eigenvalue weighted by Gasteiger charge is 2.20. The summed E-state index contributed by atoms with van der Waals surface area (Å²) in [4.78, 5) is 4.37. The van der Waals surface area contributed by atoms with Crippen molar-refractivity contribution in [2.24, 2.45) is 5.84 Å². The van der Waals surface area contributed by atoms with Crippen molar-refractivity contribution < 1.29 is 4.39 Å². The van der Waals surface area contributed by atoms with Gasteiger partial charge in [-0.2, -0.15) is 0 Å². The van der Waals surface area contributed by atoms with E-state index in [1.807, 2.05) is 6.07 Å². The molecule has 18 heavy (non-hydrogen) atoms. The van der Waals surface area contributed by atoms with Gasteiger partial charge in [0.15, 0.2) is 0 Å². The third-order valence-corrected chi connectivity index (χ3v) is 3.41. The van der Waals surface area contributed by atoms with E-state index in [0.717, 1.165) is 10.9 Å². The van der Waals surface area contributed by atoms with Gasteiger partial charge in [-0.1, -0.05) is 20.8 Å². The van der Waals surface area contributed by atoms with E-state index in [-0.39, 0.29) is 11.2 Å². The minimum atomic E-state index is -0.332. The normalized spacial score (nSPS) is 11.9. The predicted octanol–water partition coefficient (Wildman–Crippen LogP) is 3.72. The maximum absolute atomic E-state index is 13.5. The minimum absolute atomic E-state index is 0.0935.